The van der Waals surface area contributed by atoms with Gasteiger partial charge >= 0.3 is 5.97 Å². The van der Waals surface area contributed by atoms with Crippen molar-refractivity contribution in [3.8, 4) is 23.6 Å². The number of imidazole rings is 1. The van der Waals surface area contributed by atoms with Gasteiger partial charge in [0.1, 0.15) is 17.2 Å². The van der Waals surface area contributed by atoms with Crippen LogP contribution in [0.25, 0.3) is 16.9 Å². The van der Waals surface area contributed by atoms with Gasteiger partial charge < -0.3 is 10.1 Å². The Balaban J connectivity index is 1.77. The average molecular weight is 367 g/mol. The van der Waals surface area contributed by atoms with Gasteiger partial charge in [0, 0.05) is 23.0 Å². The fourth-order valence-electron chi connectivity index (χ4n) is 2.99. The number of fused-ring (bicyclic) bond motifs is 1. The van der Waals surface area contributed by atoms with E-state index >= 15 is 0 Å². The molecule has 0 saturated heterocycles. The first-order valence-electron chi connectivity index (χ1n) is 8.69. The van der Waals surface area contributed by atoms with Crippen LogP contribution in [0.5, 0.6) is 0 Å². The number of anilines is 2. The monoisotopic (exact) mass is 367 g/mol. The lowest BCUT2D eigenvalue weighted by molar-refractivity contribution is 0.0601. The summed E-state index contributed by atoms with van der Waals surface area (Å²) in [5, 5.41) is 3.41. The molecule has 0 aliphatic rings. The molecular weight excluding hydrogens is 350 g/mol. The molecule has 0 radical (unpaired) electrons. The van der Waals surface area contributed by atoms with Crippen molar-refractivity contribution in [3.05, 3.63) is 84.1 Å². The number of methoxy groups -OCH3 is 1. The molecule has 0 amide bonds. The Morgan fingerprint density at radius 1 is 1.07 bits per heavy atom. The molecule has 136 valence electrons. The Kier molecular flexibility index (Phi) is 4.53. The lowest BCUT2D eigenvalue weighted by atomic mass is 10.1. The van der Waals surface area contributed by atoms with Crippen LogP contribution in [0.3, 0.4) is 0 Å². The molecule has 4 aromatic rings. The van der Waals surface area contributed by atoms with E-state index in [9.17, 15) is 4.79 Å². The molecule has 0 unspecified atom stereocenters. The van der Waals surface area contributed by atoms with Crippen molar-refractivity contribution >= 4 is 23.1 Å². The minimum Gasteiger partial charge on any atom is -0.465 e. The second-order valence-electron chi connectivity index (χ2n) is 6.15. The van der Waals surface area contributed by atoms with Gasteiger partial charge in [0.05, 0.1) is 12.7 Å². The van der Waals surface area contributed by atoms with E-state index in [0.717, 1.165) is 34.0 Å². The number of carbonyl (C=O) groups excluding carboxylic acids is 1. The van der Waals surface area contributed by atoms with E-state index in [1.165, 1.54) is 7.11 Å². The summed E-state index contributed by atoms with van der Waals surface area (Å²) in [6.45, 7) is 0. The molecule has 0 aliphatic carbocycles. The van der Waals surface area contributed by atoms with E-state index in [1.54, 1.807) is 12.1 Å². The molecule has 0 atom stereocenters. The molecule has 5 heteroatoms. The van der Waals surface area contributed by atoms with Gasteiger partial charge in [-0.05, 0) is 48.5 Å². The molecule has 0 aliphatic heterocycles. The third kappa shape index (κ3) is 3.19. The number of aromatic nitrogens is 2. The molecular formula is C23H17N3O2. The van der Waals surface area contributed by atoms with Crippen LogP contribution >= 0.6 is 0 Å². The molecule has 2 aromatic heterocycles. The van der Waals surface area contributed by atoms with Gasteiger partial charge in [-0.15, -0.1) is 6.42 Å². The molecule has 5 nitrogen and oxygen atoms in total. The lowest BCUT2D eigenvalue weighted by Gasteiger charge is -2.10. The Morgan fingerprint density at radius 2 is 1.82 bits per heavy atom. The fourth-order valence-corrected chi connectivity index (χ4v) is 2.99. The minimum atomic E-state index is -0.365. The Morgan fingerprint density at radius 3 is 2.50 bits per heavy atom. The number of nitrogens with zero attached hydrogens (tertiary/aromatic N) is 2. The molecule has 4 rings (SSSR count). The highest BCUT2D eigenvalue weighted by Gasteiger charge is 2.14. The Bertz CT molecular complexity index is 1180. The maximum Gasteiger partial charge on any atom is 0.337 e. The van der Waals surface area contributed by atoms with Crippen LogP contribution in [-0.2, 0) is 4.74 Å². The molecule has 1 N–H and O–H groups in total. The SMILES string of the molecule is C#Cc1ccc(-c2nc3ccccn3c2Nc2ccc(C(=O)OC)cc2)cc1. The van der Waals surface area contributed by atoms with Gasteiger partial charge in [-0.3, -0.25) is 4.40 Å². The number of ether oxygens (including phenoxy) is 1. The number of hydrogen-bond donors (Lipinski definition) is 1. The van der Waals surface area contributed by atoms with Gasteiger partial charge in [0.2, 0.25) is 0 Å². The van der Waals surface area contributed by atoms with Crippen molar-refractivity contribution in [2.75, 3.05) is 12.4 Å². The summed E-state index contributed by atoms with van der Waals surface area (Å²) in [5.41, 5.74) is 4.74. The van der Waals surface area contributed by atoms with Crippen LogP contribution in [0.2, 0.25) is 0 Å². The van der Waals surface area contributed by atoms with Gasteiger partial charge in [0.25, 0.3) is 0 Å². The zero-order valence-electron chi connectivity index (χ0n) is 15.2. The number of pyridine rings is 1. The first-order valence-corrected chi connectivity index (χ1v) is 8.69. The van der Waals surface area contributed by atoms with Gasteiger partial charge in [-0.25, -0.2) is 9.78 Å². The molecule has 0 fully saturated rings. The van der Waals surface area contributed by atoms with Crippen molar-refractivity contribution in [2.45, 2.75) is 0 Å². The number of hydrogen-bond acceptors (Lipinski definition) is 4. The van der Waals surface area contributed by atoms with Crippen molar-refractivity contribution in [3.63, 3.8) is 0 Å². The third-order valence-corrected chi connectivity index (χ3v) is 4.42. The van der Waals surface area contributed by atoms with Gasteiger partial charge in [0.15, 0.2) is 0 Å². The quantitative estimate of drug-likeness (QED) is 0.426. The number of carbonyl (C=O) groups is 1. The van der Waals surface area contributed by atoms with Crippen LogP contribution in [0.15, 0.2) is 72.9 Å². The largest absolute Gasteiger partial charge is 0.465 e. The molecule has 0 bridgehead atoms. The van der Waals surface area contributed by atoms with E-state index in [2.05, 4.69) is 11.2 Å². The highest BCUT2D eigenvalue weighted by molar-refractivity contribution is 5.90. The summed E-state index contributed by atoms with van der Waals surface area (Å²) in [5.74, 6) is 3.09. The topological polar surface area (TPSA) is 55.6 Å². The van der Waals surface area contributed by atoms with Crippen molar-refractivity contribution in [2.24, 2.45) is 0 Å². The molecule has 2 heterocycles. The first-order chi connectivity index (χ1) is 13.7. The van der Waals surface area contributed by atoms with Crippen molar-refractivity contribution in [1.29, 1.82) is 0 Å². The van der Waals surface area contributed by atoms with Crippen LogP contribution in [0.4, 0.5) is 11.5 Å². The van der Waals surface area contributed by atoms with E-state index in [-0.39, 0.29) is 5.97 Å². The van der Waals surface area contributed by atoms with Gasteiger partial charge in [-0.2, -0.15) is 0 Å². The molecule has 28 heavy (non-hydrogen) atoms. The lowest BCUT2D eigenvalue weighted by Crippen LogP contribution is -2.01. The van der Waals surface area contributed by atoms with Crippen LogP contribution in [-0.4, -0.2) is 22.5 Å². The second-order valence-corrected chi connectivity index (χ2v) is 6.15. The molecule has 0 saturated carbocycles. The maximum atomic E-state index is 11.6. The minimum absolute atomic E-state index is 0.365. The van der Waals surface area contributed by atoms with E-state index < -0.39 is 0 Å². The summed E-state index contributed by atoms with van der Waals surface area (Å²) in [6, 6.07) is 20.7. The summed E-state index contributed by atoms with van der Waals surface area (Å²) < 4.78 is 6.73. The smallest absolute Gasteiger partial charge is 0.337 e. The fraction of sp³-hybridized carbons (Fsp3) is 0.0435. The second kappa shape index (κ2) is 7.29. The molecule has 0 spiro atoms. The van der Waals surface area contributed by atoms with Crippen LogP contribution in [0, 0.1) is 12.3 Å². The van der Waals surface area contributed by atoms with Crippen molar-refractivity contribution in [1.82, 2.24) is 9.38 Å². The van der Waals surface area contributed by atoms with Crippen LogP contribution < -0.4 is 5.32 Å². The number of nitrogens with one attached hydrogen (secondary N) is 1. The highest BCUT2D eigenvalue weighted by atomic mass is 16.5. The average Bonchev–Trinajstić information content (AvgIpc) is 3.12. The maximum absolute atomic E-state index is 11.6. The Hall–Kier alpha value is -4.04. The van der Waals surface area contributed by atoms with Gasteiger partial charge in [-0.1, -0.05) is 24.1 Å². The standard InChI is InChI=1S/C23H17N3O2/c1-3-16-7-9-17(10-8-16)21-22(26-15-5-4-6-20(26)25-21)24-19-13-11-18(12-14-19)23(27)28-2/h1,4-15,24H,2H3. The number of benzene rings is 2. The highest BCUT2D eigenvalue weighted by Crippen LogP contribution is 2.31. The zero-order chi connectivity index (χ0) is 19.5. The Labute approximate surface area is 162 Å². The van der Waals surface area contributed by atoms with Crippen LogP contribution in [0.1, 0.15) is 15.9 Å². The summed E-state index contributed by atoms with van der Waals surface area (Å²) in [4.78, 5) is 16.4. The summed E-state index contributed by atoms with van der Waals surface area (Å²) in [6.07, 6.45) is 7.41. The predicted octanol–water partition coefficient (Wildman–Crippen LogP) is 4.51. The van der Waals surface area contributed by atoms with Crippen molar-refractivity contribution < 1.29 is 9.53 Å². The third-order valence-electron chi connectivity index (χ3n) is 4.42. The zero-order valence-corrected chi connectivity index (χ0v) is 15.2. The first kappa shape index (κ1) is 17.4. The number of terminal acetylenes is 1. The normalized spacial score (nSPS) is 10.4. The van der Waals surface area contributed by atoms with E-state index in [4.69, 9.17) is 16.1 Å². The van der Waals surface area contributed by atoms with E-state index in [1.807, 2.05) is 65.2 Å². The number of rotatable bonds is 4. The number of esters is 1. The molecule has 2 aromatic carbocycles. The summed E-state index contributed by atoms with van der Waals surface area (Å²) >= 11 is 0. The van der Waals surface area contributed by atoms with E-state index in [0.29, 0.717) is 5.56 Å². The summed E-state index contributed by atoms with van der Waals surface area (Å²) in [7, 11) is 1.37. The predicted molar refractivity (Wildman–Crippen MR) is 110 cm³/mol.